The summed E-state index contributed by atoms with van der Waals surface area (Å²) in [5.41, 5.74) is 1.52. The summed E-state index contributed by atoms with van der Waals surface area (Å²) in [5.74, 6) is -0.211. The minimum atomic E-state index is -3.56. The van der Waals surface area contributed by atoms with E-state index in [4.69, 9.17) is 16.3 Å². The summed E-state index contributed by atoms with van der Waals surface area (Å²) in [5, 5.41) is 3.32. The van der Waals surface area contributed by atoms with Crippen LogP contribution in [0, 0.1) is 0 Å². The first-order valence-electron chi connectivity index (χ1n) is 9.87. The number of carbonyl (C=O) groups excluding carboxylic acids is 2. The Kier molecular flexibility index (Phi) is 9.06. The van der Waals surface area contributed by atoms with E-state index in [1.165, 1.54) is 11.9 Å². The monoisotopic (exact) mass is 481 g/mol. The van der Waals surface area contributed by atoms with Gasteiger partial charge >= 0.3 is 0 Å². The molecule has 0 bridgehead atoms. The van der Waals surface area contributed by atoms with E-state index in [-0.39, 0.29) is 25.5 Å². The Morgan fingerprint density at radius 3 is 2.31 bits per heavy atom. The lowest BCUT2D eigenvalue weighted by atomic mass is 10.1. The summed E-state index contributed by atoms with van der Waals surface area (Å²) in [6.45, 7) is 1.55. The van der Waals surface area contributed by atoms with Crippen LogP contribution in [0.4, 0.5) is 0 Å². The number of nitrogens with zero attached hydrogens (tertiary/aromatic N) is 2. The van der Waals surface area contributed by atoms with Crippen molar-refractivity contribution in [3.8, 4) is 5.75 Å². The molecule has 0 saturated heterocycles. The quantitative estimate of drug-likeness (QED) is 0.561. The molecule has 1 atom stereocenters. The van der Waals surface area contributed by atoms with Crippen molar-refractivity contribution in [2.75, 3.05) is 27.0 Å². The third-order valence-corrected chi connectivity index (χ3v) is 6.64. The molecule has 0 aromatic heterocycles. The number of amides is 2. The van der Waals surface area contributed by atoms with Gasteiger partial charge < -0.3 is 15.0 Å². The molecule has 0 saturated carbocycles. The highest BCUT2D eigenvalue weighted by Gasteiger charge is 2.28. The molecule has 2 amide bonds. The van der Waals surface area contributed by atoms with Crippen LogP contribution in [0.15, 0.2) is 48.5 Å². The van der Waals surface area contributed by atoms with Crippen LogP contribution in [0.1, 0.15) is 18.1 Å². The average Bonchev–Trinajstić information content (AvgIpc) is 2.75. The SMILES string of the molecule is COc1ccc(CN(C(=O)CN(C)S(C)(=O)=O)C(C)C(=O)NCc2ccccc2Cl)cc1. The van der Waals surface area contributed by atoms with E-state index < -0.39 is 22.0 Å². The van der Waals surface area contributed by atoms with Crippen molar-refractivity contribution >= 4 is 33.4 Å². The van der Waals surface area contributed by atoms with Crippen LogP contribution in [0.2, 0.25) is 5.02 Å². The smallest absolute Gasteiger partial charge is 0.242 e. The van der Waals surface area contributed by atoms with E-state index in [1.54, 1.807) is 56.5 Å². The Hall–Kier alpha value is -2.62. The number of likely N-dealkylation sites (N-methyl/N-ethyl adjacent to an activating group) is 1. The summed E-state index contributed by atoms with van der Waals surface area (Å²) in [4.78, 5) is 27.2. The first kappa shape index (κ1) is 25.6. The lowest BCUT2D eigenvalue weighted by Crippen LogP contribution is -2.50. The van der Waals surface area contributed by atoms with Gasteiger partial charge in [0.25, 0.3) is 0 Å². The molecule has 0 aliphatic carbocycles. The van der Waals surface area contributed by atoms with E-state index in [0.29, 0.717) is 10.8 Å². The highest BCUT2D eigenvalue weighted by Crippen LogP contribution is 2.17. The van der Waals surface area contributed by atoms with Crippen LogP contribution in [-0.4, -0.2) is 62.4 Å². The zero-order valence-corrected chi connectivity index (χ0v) is 20.1. The molecule has 0 fully saturated rings. The Morgan fingerprint density at radius 1 is 1.12 bits per heavy atom. The number of hydrogen-bond acceptors (Lipinski definition) is 5. The average molecular weight is 482 g/mol. The number of halogens is 1. The summed E-state index contributed by atoms with van der Waals surface area (Å²) in [7, 11) is -0.683. The van der Waals surface area contributed by atoms with E-state index in [9.17, 15) is 18.0 Å². The van der Waals surface area contributed by atoms with Gasteiger partial charge in [-0.3, -0.25) is 9.59 Å². The number of rotatable bonds is 10. The molecule has 2 aromatic carbocycles. The Labute approximate surface area is 194 Å². The maximum atomic E-state index is 13.0. The minimum absolute atomic E-state index is 0.126. The van der Waals surface area contributed by atoms with Gasteiger partial charge in [-0.25, -0.2) is 8.42 Å². The first-order valence-corrected chi connectivity index (χ1v) is 12.1. The van der Waals surface area contributed by atoms with E-state index in [0.717, 1.165) is 21.7 Å². The fraction of sp³-hybridized carbons (Fsp3) is 0.364. The lowest BCUT2D eigenvalue weighted by molar-refractivity contribution is -0.140. The van der Waals surface area contributed by atoms with Gasteiger partial charge in [-0.2, -0.15) is 4.31 Å². The Balaban J connectivity index is 2.19. The molecule has 0 aliphatic heterocycles. The maximum absolute atomic E-state index is 13.0. The van der Waals surface area contributed by atoms with E-state index in [2.05, 4.69) is 5.32 Å². The summed E-state index contributed by atoms with van der Waals surface area (Å²) >= 11 is 6.14. The van der Waals surface area contributed by atoms with Gasteiger partial charge in [-0.1, -0.05) is 41.9 Å². The van der Waals surface area contributed by atoms with Gasteiger partial charge in [0.1, 0.15) is 11.8 Å². The molecule has 174 valence electrons. The molecule has 8 nitrogen and oxygen atoms in total. The second-order valence-electron chi connectivity index (χ2n) is 7.37. The predicted octanol–water partition coefficient (Wildman–Crippen LogP) is 2.27. The second-order valence-corrected chi connectivity index (χ2v) is 9.87. The van der Waals surface area contributed by atoms with Gasteiger partial charge in [0.2, 0.25) is 21.8 Å². The first-order chi connectivity index (χ1) is 15.0. The molecule has 0 radical (unpaired) electrons. The van der Waals surface area contributed by atoms with Crippen molar-refractivity contribution < 1.29 is 22.7 Å². The number of benzene rings is 2. The Morgan fingerprint density at radius 2 is 1.75 bits per heavy atom. The number of methoxy groups -OCH3 is 1. The van der Waals surface area contributed by atoms with Crippen LogP contribution in [0.5, 0.6) is 5.75 Å². The molecule has 1 N–H and O–H groups in total. The standard InChI is InChI=1S/C22H28ClN3O5S/c1-16(22(28)24-13-18-7-5-6-8-20(18)23)26(21(27)15-25(2)32(4,29)30)14-17-9-11-19(31-3)12-10-17/h5-12,16H,13-15H2,1-4H3,(H,24,28). The molecule has 10 heteroatoms. The van der Waals surface area contributed by atoms with Crippen LogP contribution in [0.25, 0.3) is 0 Å². The molecule has 2 rings (SSSR count). The highest BCUT2D eigenvalue weighted by atomic mass is 35.5. The number of ether oxygens (including phenoxy) is 1. The van der Waals surface area contributed by atoms with Crippen molar-refractivity contribution in [3.05, 3.63) is 64.7 Å². The van der Waals surface area contributed by atoms with E-state index >= 15 is 0 Å². The summed E-state index contributed by atoms with van der Waals surface area (Å²) < 4.78 is 29.6. The molecule has 32 heavy (non-hydrogen) atoms. The molecule has 2 aromatic rings. The van der Waals surface area contributed by atoms with Crippen molar-refractivity contribution in [2.45, 2.75) is 26.1 Å². The lowest BCUT2D eigenvalue weighted by Gasteiger charge is -2.30. The molecule has 0 spiro atoms. The van der Waals surface area contributed by atoms with Crippen molar-refractivity contribution in [1.29, 1.82) is 0 Å². The van der Waals surface area contributed by atoms with Crippen LogP contribution >= 0.6 is 11.6 Å². The van der Waals surface area contributed by atoms with Gasteiger partial charge in [0.05, 0.1) is 19.9 Å². The zero-order valence-electron chi connectivity index (χ0n) is 18.5. The second kappa shape index (κ2) is 11.3. The topological polar surface area (TPSA) is 96.0 Å². The maximum Gasteiger partial charge on any atom is 0.242 e. The van der Waals surface area contributed by atoms with Crippen molar-refractivity contribution in [2.24, 2.45) is 0 Å². The molecular weight excluding hydrogens is 454 g/mol. The minimum Gasteiger partial charge on any atom is -0.497 e. The fourth-order valence-electron chi connectivity index (χ4n) is 2.88. The molecule has 0 aliphatic rings. The fourth-order valence-corrected chi connectivity index (χ4v) is 3.43. The van der Waals surface area contributed by atoms with Crippen molar-refractivity contribution in [1.82, 2.24) is 14.5 Å². The predicted molar refractivity (Wildman–Crippen MR) is 124 cm³/mol. The number of nitrogens with one attached hydrogen (secondary N) is 1. The van der Waals surface area contributed by atoms with Gasteiger partial charge in [0, 0.05) is 25.2 Å². The number of carbonyl (C=O) groups is 2. The third-order valence-electron chi connectivity index (χ3n) is 5.01. The zero-order chi connectivity index (χ0) is 23.9. The molecular formula is C22H28ClN3O5S. The van der Waals surface area contributed by atoms with Crippen LogP contribution in [0.3, 0.4) is 0 Å². The molecule has 1 unspecified atom stereocenters. The van der Waals surface area contributed by atoms with Gasteiger partial charge in [-0.15, -0.1) is 0 Å². The van der Waals surface area contributed by atoms with Gasteiger partial charge in [0.15, 0.2) is 0 Å². The van der Waals surface area contributed by atoms with Crippen LogP contribution in [-0.2, 0) is 32.7 Å². The summed E-state index contributed by atoms with van der Waals surface area (Å²) in [6.07, 6.45) is 1.02. The normalized spacial score (nSPS) is 12.3. The Bertz CT molecular complexity index is 1040. The largest absolute Gasteiger partial charge is 0.497 e. The third kappa shape index (κ3) is 7.22. The number of hydrogen-bond donors (Lipinski definition) is 1. The molecule has 0 heterocycles. The van der Waals surface area contributed by atoms with E-state index in [1.807, 2.05) is 6.07 Å². The summed E-state index contributed by atoms with van der Waals surface area (Å²) in [6, 6.07) is 13.4. The van der Waals surface area contributed by atoms with Crippen LogP contribution < -0.4 is 10.1 Å². The number of sulfonamides is 1. The van der Waals surface area contributed by atoms with Gasteiger partial charge in [-0.05, 0) is 36.2 Å². The highest BCUT2D eigenvalue weighted by molar-refractivity contribution is 7.88. The van der Waals surface area contributed by atoms with Crippen molar-refractivity contribution in [3.63, 3.8) is 0 Å².